The molecule has 0 fully saturated rings. The summed E-state index contributed by atoms with van der Waals surface area (Å²) in [5.74, 6) is -3.56. The molecule has 2 amide bonds. The van der Waals surface area contributed by atoms with Crippen molar-refractivity contribution in [1.82, 2.24) is 10.2 Å². The van der Waals surface area contributed by atoms with Crippen LogP contribution in [0.4, 0.5) is 8.78 Å². The number of hydrogen-bond acceptors (Lipinski definition) is 15. The van der Waals surface area contributed by atoms with Gasteiger partial charge in [-0.15, -0.1) is 11.3 Å². The van der Waals surface area contributed by atoms with Gasteiger partial charge in [-0.25, -0.2) is 8.78 Å². The Hall–Kier alpha value is -5.11. The number of amides is 2. The van der Waals surface area contributed by atoms with Crippen molar-refractivity contribution >= 4 is 51.0 Å². The average molecular weight is 866 g/mol. The normalized spacial score (nSPS) is 12.5. The number of carbonyl (C=O) groups excluding carboxylic acids is 5. The van der Waals surface area contributed by atoms with Gasteiger partial charge in [-0.3, -0.25) is 24.0 Å². The van der Waals surface area contributed by atoms with Gasteiger partial charge in [-0.05, 0) is 31.5 Å². The lowest BCUT2D eigenvalue weighted by molar-refractivity contribution is -0.150. The van der Waals surface area contributed by atoms with E-state index in [9.17, 15) is 24.0 Å². The van der Waals surface area contributed by atoms with Crippen molar-refractivity contribution in [2.75, 3.05) is 73.6 Å². The second kappa shape index (κ2) is 24.2. The van der Waals surface area contributed by atoms with E-state index in [0.717, 1.165) is 11.3 Å². The molecule has 60 heavy (non-hydrogen) atoms. The molecular weight excluding hydrogens is 813 g/mol. The zero-order valence-corrected chi connectivity index (χ0v) is 35.1. The Kier molecular flexibility index (Phi) is 19.2. The van der Waals surface area contributed by atoms with Gasteiger partial charge in [0.15, 0.2) is 40.4 Å². The predicted molar refractivity (Wildman–Crippen MR) is 214 cm³/mol. The molecule has 1 aliphatic rings. The first-order valence-corrected chi connectivity index (χ1v) is 20.4. The van der Waals surface area contributed by atoms with E-state index >= 15 is 8.78 Å². The highest BCUT2D eigenvalue weighted by molar-refractivity contribution is 7.20. The fourth-order valence-corrected chi connectivity index (χ4v) is 7.09. The van der Waals surface area contributed by atoms with Crippen molar-refractivity contribution in [3.63, 3.8) is 0 Å². The van der Waals surface area contributed by atoms with E-state index in [2.05, 4.69) is 5.32 Å². The third-order valence-electron chi connectivity index (χ3n) is 9.05. The molecule has 0 unspecified atom stereocenters. The fraction of sp³-hybridized carbons (Fsp3) is 0.537. The Morgan fingerprint density at radius 1 is 0.817 bits per heavy atom. The molecule has 0 saturated heterocycles. The molecule has 2 heterocycles. The number of halogens is 2. The van der Waals surface area contributed by atoms with Crippen LogP contribution < -0.4 is 30.0 Å². The van der Waals surface area contributed by atoms with Crippen LogP contribution in [0.25, 0.3) is 10.1 Å². The Labute approximate surface area is 350 Å². The number of hydrogen-bond donors (Lipinski definition) is 2. The molecule has 3 aromatic rings. The topological polar surface area (TPSA) is 200 Å². The van der Waals surface area contributed by atoms with Gasteiger partial charge in [0.2, 0.25) is 11.8 Å². The quantitative estimate of drug-likeness (QED) is 0.0611. The van der Waals surface area contributed by atoms with Crippen molar-refractivity contribution in [2.24, 2.45) is 5.73 Å². The Bertz CT molecular complexity index is 1960. The number of ketones is 1. The van der Waals surface area contributed by atoms with Crippen molar-refractivity contribution in [2.45, 2.75) is 71.6 Å². The molecule has 0 radical (unpaired) electrons. The van der Waals surface area contributed by atoms with Crippen molar-refractivity contribution in [1.29, 1.82) is 0 Å². The van der Waals surface area contributed by atoms with Crippen LogP contribution in [0.5, 0.6) is 23.0 Å². The maximum atomic E-state index is 15.8. The van der Waals surface area contributed by atoms with Gasteiger partial charge in [-0.1, -0.05) is 0 Å². The maximum Gasteiger partial charge on any atom is 0.306 e. The maximum absolute atomic E-state index is 15.8. The van der Waals surface area contributed by atoms with E-state index in [1.807, 2.05) is 0 Å². The third-order valence-corrected chi connectivity index (χ3v) is 10.2. The molecule has 330 valence electrons. The summed E-state index contributed by atoms with van der Waals surface area (Å²) in [6.45, 7) is 5.36. The van der Waals surface area contributed by atoms with E-state index in [4.69, 9.17) is 43.6 Å². The van der Waals surface area contributed by atoms with E-state index in [-0.39, 0.29) is 141 Å². The minimum Gasteiger partial charge on any atom is -0.493 e. The van der Waals surface area contributed by atoms with Crippen LogP contribution in [-0.2, 0) is 51.2 Å². The highest BCUT2D eigenvalue weighted by Gasteiger charge is 2.31. The van der Waals surface area contributed by atoms with Gasteiger partial charge in [0.25, 0.3) is 0 Å². The second-order valence-electron chi connectivity index (χ2n) is 13.5. The average Bonchev–Trinajstić information content (AvgIpc) is 3.87. The molecule has 1 atom stereocenters. The van der Waals surface area contributed by atoms with Gasteiger partial charge in [0, 0.05) is 67.0 Å². The largest absolute Gasteiger partial charge is 0.493 e. The predicted octanol–water partition coefficient (Wildman–Crippen LogP) is 4.62. The number of nitrogens with zero attached hydrogens (tertiary/aromatic N) is 1. The molecule has 0 spiro atoms. The van der Waals surface area contributed by atoms with Crippen LogP contribution >= 0.6 is 11.3 Å². The van der Waals surface area contributed by atoms with Crippen molar-refractivity contribution in [3.05, 3.63) is 45.8 Å². The lowest BCUT2D eigenvalue weighted by Crippen LogP contribution is -2.34. The molecule has 19 heteroatoms. The summed E-state index contributed by atoms with van der Waals surface area (Å²) in [4.78, 5) is 63.6. The van der Waals surface area contributed by atoms with Crippen LogP contribution in [0, 0.1) is 11.6 Å². The first kappa shape index (κ1) is 47.6. The van der Waals surface area contributed by atoms with E-state index < -0.39 is 29.7 Å². The van der Waals surface area contributed by atoms with Crippen molar-refractivity contribution in [3.8, 4) is 23.0 Å². The Morgan fingerprint density at radius 3 is 2.17 bits per heavy atom. The smallest absolute Gasteiger partial charge is 0.306 e. The molecule has 3 N–H and O–H groups in total. The lowest BCUT2D eigenvalue weighted by Gasteiger charge is -2.17. The third kappa shape index (κ3) is 13.7. The van der Waals surface area contributed by atoms with Gasteiger partial charge in [0.05, 0.1) is 84.7 Å². The molecule has 16 nitrogen and oxygen atoms in total. The number of fused-ring (bicyclic) bond motifs is 2. The van der Waals surface area contributed by atoms with Crippen LogP contribution in [0.3, 0.4) is 0 Å². The lowest BCUT2D eigenvalue weighted by atomic mass is 10.1. The number of Topliss-reactive ketones (excluding diaryl/α,β-unsaturated/α-hetero) is 1. The number of nitrogens with one attached hydrogen (secondary N) is 1. The van der Waals surface area contributed by atoms with Gasteiger partial charge < -0.3 is 53.8 Å². The molecule has 0 bridgehead atoms. The summed E-state index contributed by atoms with van der Waals surface area (Å²) in [5, 5.41) is 2.83. The summed E-state index contributed by atoms with van der Waals surface area (Å²) < 4.78 is 74.9. The minimum atomic E-state index is -0.719. The summed E-state index contributed by atoms with van der Waals surface area (Å²) in [6.07, 6.45) is -0.829. The van der Waals surface area contributed by atoms with Gasteiger partial charge in [-0.2, -0.15) is 0 Å². The number of ether oxygens (including phenoxy) is 8. The number of rotatable bonds is 27. The van der Waals surface area contributed by atoms with Crippen molar-refractivity contribution < 1.29 is 70.6 Å². The van der Waals surface area contributed by atoms with Crippen LogP contribution in [-0.4, -0.2) is 114 Å². The Balaban J connectivity index is 1.22. The molecule has 0 saturated carbocycles. The van der Waals surface area contributed by atoms with Crippen LogP contribution in [0.15, 0.2) is 18.2 Å². The number of methoxy groups -OCH3 is 2. The van der Waals surface area contributed by atoms with E-state index in [1.54, 1.807) is 26.0 Å². The molecule has 1 aromatic heterocycles. The molecular formula is C41H53F2N3O13S. The zero-order valence-electron chi connectivity index (χ0n) is 34.3. The number of carbonyl (C=O) groups is 5. The van der Waals surface area contributed by atoms with Crippen LogP contribution in [0.1, 0.15) is 73.2 Å². The highest BCUT2D eigenvalue weighted by atomic mass is 32.1. The molecule has 1 aliphatic heterocycles. The standard InChI is InChI=1S/C41H53F2N3O13S/c1-5-56-36(50)9-7-29(47)33-20-27-32(60-33)21-31(53-4)41(38(27)42)58-14-6-13-57-40-30(52-3)19-26-23-46(24-28(26)39(40)43)35(49)8-10-37(51)59-25(2)22-45-34(48)11-15-54-17-18-55-16-12-44/h19-21,25H,5-18,22-24,44H2,1-4H3,(H,45,48)/t25-/m0/s1. The monoisotopic (exact) mass is 865 g/mol. The molecule has 2 aromatic carbocycles. The Morgan fingerprint density at radius 2 is 1.48 bits per heavy atom. The summed E-state index contributed by atoms with van der Waals surface area (Å²) in [5.41, 5.74) is 6.12. The summed E-state index contributed by atoms with van der Waals surface area (Å²) in [7, 11) is 2.72. The van der Waals surface area contributed by atoms with E-state index in [1.165, 1.54) is 25.2 Å². The minimum absolute atomic E-state index is 0.0380. The van der Waals surface area contributed by atoms with E-state index in [0.29, 0.717) is 36.6 Å². The van der Waals surface area contributed by atoms with Gasteiger partial charge >= 0.3 is 11.9 Å². The SMILES string of the molecule is CCOC(=O)CCC(=O)c1cc2c(F)c(OCCCOc3c(OC)cc4c(c3F)CN(C(=O)CCC(=O)O[C@@H](C)CNC(=O)CCOCCOCCN)C4)c(OC)cc2s1. The number of nitrogens with two attached hydrogens (primary N) is 1. The molecule has 4 rings (SSSR count). The summed E-state index contributed by atoms with van der Waals surface area (Å²) in [6, 6.07) is 4.58. The zero-order chi connectivity index (χ0) is 43.6. The second-order valence-corrected chi connectivity index (χ2v) is 14.6. The van der Waals surface area contributed by atoms with Gasteiger partial charge in [0.1, 0.15) is 6.10 Å². The number of thiophene rings is 1. The first-order valence-electron chi connectivity index (χ1n) is 19.6. The fourth-order valence-electron chi connectivity index (χ4n) is 6.03. The highest BCUT2D eigenvalue weighted by Crippen LogP contribution is 2.41. The number of benzene rings is 2. The van der Waals surface area contributed by atoms with Crippen LogP contribution in [0.2, 0.25) is 0 Å². The molecule has 0 aliphatic carbocycles. The number of esters is 2. The first-order chi connectivity index (χ1) is 28.9. The summed E-state index contributed by atoms with van der Waals surface area (Å²) >= 11 is 1.08.